The van der Waals surface area contributed by atoms with Crippen molar-refractivity contribution in [2.45, 2.75) is 38.3 Å². The number of ketones is 1. The molecule has 1 fully saturated rings. The second-order valence-corrected chi connectivity index (χ2v) is 11.5. The van der Waals surface area contributed by atoms with E-state index in [4.69, 9.17) is 10.5 Å². The molecule has 1 aromatic carbocycles. The summed E-state index contributed by atoms with van der Waals surface area (Å²) < 4.78 is 59.9. The van der Waals surface area contributed by atoms with E-state index >= 15 is 0 Å². The molecule has 0 radical (unpaired) electrons. The Balaban J connectivity index is 1.52. The zero-order valence-electron chi connectivity index (χ0n) is 19.7. The number of nitrogens with zero attached hydrogens (tertiary/aromatic N) is 2. The number of methoxy groups -OCH3 is 1. The van der Waals surface area contributed by atoms with E-state index in [1.54, 1.807) is 7.11 Å². The summed E-state index contributed by atoms with van der Waals surface area (Å²) in [5, 5.41) is 6.74. The summed E-state index contributed by atoms with van der Waals surface area (Å²) in [6.45, 7) is 3.85. The zero-order chi connectivity index (χ0) is 25.6. The maximum atomic E-state index is 14.0. The van der Waals surface area contributed by atoms with Crippen molar-refractivity contribution in [2.24, 2.45) is 0 Å². The third-order valence-corrected chi connectivity index (χ3v) is 8.67. The van der Waals surface area contributed by atoms with E-state index in [0.717, 1.165) is 23.5 Å². The molecule has 1 aromatic heterocycles. The molecule has 4 N–H and O–H groups in total. The zero-order valence-corrected chi connectivity index (χ0v) is 21.4. The van der Waals surface area contributed by atoms with E-state index in [9.17, 15) is 22.0 Å². The summed E-state index contributed by atoms with van der Waals surface area (Å²) in [5.74, 6) is -2.84. The smallest absolute Gasteiger partial charge is 0.214 e. The number of aromatic nitrogens is 1. The lowest BCUT2D eigenvalue weighted by Gasteiger charge is -2.31. The molecule has 1 saturated heterocycles. The van der Waals surface area contributed by atoms with Crippen molar-refractivity contribution < 1.29 is 26.7 Å². The van der Waals surface area contributed by atoms with Gasteiger partial charge in [-0.15, -0.1) is 0 Å². The standard InChI is InChI=1S/C22H31F2N5O4S2/c1-14(13-33-2)26-9-4-12-35(31,32)29-10-7-15(8-11-29)27-22-28-21(25)20(34-22)19(30)18-16(23)5-3-6-17(18)24/h3,5-6,14-15,26H,4,7-13,25H2,1-2H3,(H,27,28). The van der Waals surface area contributed by atoms with Gasteiger partial charge >= 0.3 is 0 Å². The summed E-state index contributed by atoms with van der Waals surface area (Å²) in [6.07, 6.45) is 1.60. The first-order chi connectivity index (χ1) is 16.6. The molecule has 3 rings (SSSR count). The molecular weight excluding hydrogens is 500 g/mol. The molecular formula is C22H31F2N5O4S2. The Bertz CT molecular complexity index is 1100. The molecule has 0 bridgehead atoms. The number of hydrogen-bond acceptors (Lipinski definition) is 9. The molecule has 0 aliphatic carbocycles. The molecule has 2 aromatic rings. The molecule has 0 saturated carbocycles. The van der Waals surface area contributed by atoms with Crippen LogP contribution in [0.5, 0.6) is 0 Å². The second kappa shape index (κ2) is 12.2. The monoisotopic (exact) mass is 531 g/mol. The average Bonchev–Trinajstić information content (AvgIpc) is 3.17. The van der Waals surface area contributed by atoms with Gasteiger partial charge in [0.1, 0.15) is 22.3 Å². The van der Waals surface area contributed by atoms with Gasteiger partial charge in [-0.1, -0.05) is 17.4 Å². The minimum absolute atomic E-state index is 0.0510. The number of nitrogen functional groups attached to an aromatic ring is 1. The van der Waals surface area contributed by atoms with Gasteiger partial charge < -0.3 is 21.1 Å². The van der Waals surface area contributed by atoms with Crippen LogP contribution in [0.15, 0.2) is 18.2 Å². The summed E-state index contributed by atoms with van der Waals surface area (Å²) in [4.78, 5) is 16.7. The number of anilines is 2. The molecule has 1 unspecified atom stereocenters. The van der Waals surface area contributed by atoms with Gasteiger partial charge in [0.05, 0.1) is 17.9 Å². The fourth-order valence-corrected chi connectivity index (χ4v) is 6.32. The number of rotatable bonds is 12. The van der Waals surface area contributed by atoms with E-state index in [-0.39, 0.29) is 28.5 Å². The summed E-state index contributed by atoms with van der Waals surface area (Å²) >= 11 is 0.921. The fourth-order valence-electron chi connectivity index (χ4n) is 3.88. The molecule has 9 nitrogen and oxygen atoms in total. The van der Waals surface area contributed by atoms with Crippen molar-refractivity contribution in [1.29, 1.82) is 0 Å². The van der Waals surface area contributed by atoms with Crippen LogP contribution in [0, 0.1) is 11.6 Å². The molecule has 0 amide bonds. The predicted molar refractivity (Wildman–Crippen MR) is 132 cm³/mol. The van der Waals surface area contributed by atoms with Crippen LogP contribution in [0.3, 0.4) is 0 Å². The van der Waals surface area contributed by atoms with Gasteiger partial charge in [-0.2, -0.15) is 0 Å². The number of ether oxygens (including phenoxy) is 1. The number of sulfonamides is 1. The highest BCUT2D eigenvalue weighted by molar-refractivity contribution is 7.89. The number of halogens is 2. The molecule has 194 valence electrons. The van der Waals surface area contributed by atoms with Crippen molar-refractivity contribution in [3.05, 3.63) is 40.3 Å². The van der Waals surface area contributed by atoms with E-state index in [1.165, 1.54) is 10.4 Å². The van der Waals surface area contributed by atoms with Gasteiger partial charge in [-0.25, -0.2) is 26.5 Å². The van der Waals surface area contributed by atoms with Gasteiger partial charge in [0.15, 0.2) is 5.13 Å². The molecule has 35 heavy (non-hydrogen) atoms. The Labute approximate surface area is 208 Å². The second-order valence-electron chi connectivity index (χ2n) is 8.46. The van der Waals surface area contributed by atoms with Crippen molar-refractivity contribution >= 4 is 38.1 Å². The predicted octanol–water partition coefficient (Wildman–Crippen LogP) is 2.46. The Hall–Kier alpha value is -2.19. The third kappa shape index (κ3) is 7.17. The van der Waals surface area contributed by atoms with Crippen LogP contribution < -0.4 is 16.4 Å². The van der Waals surface area contributed by atoms with Crippen LogP contribution in [0.4, 0.5) is 19.7 Å². The number of hydrogen-bond donors (Lipinski definition) is 3. The van der Waals surface area contributed by atoms with Crippen molar-refractivity contribution in [3.8, 4) is 0 Å². The topological polar surface area (TPSA) is 127 Å². The number of carbonyl (C=O) groups excluding carboxylic acids is 1. The average molecular weight is 532 g/mol. The van der Waals surface area contributed by atoms with Crippen molar-refractivity contribution in [2.75, 3.05) is 50.2 Å². The largest absolute Gasteiger partial charge is 0.383 e. The normalized spacial score (nSPS) is 16.3. The maximum Gasteiger partial charge on any atom is 0.214 e. The molecule has 0 spiro atoms. The minimum Gasteiger partial charge on any atom is -0.383 e. The number of piperidine rings is 1. The SMILES string of the molecule is COCC(C)NCCCS(=O)(=O)N1CCC(Nc2nc(N)c(C(=O)c3c(F)cccc3F)s2)CC1. The highest BCUT2D eigenvalue weighted by Crippen LogP contribution is 2.30. The van der Waals surface area contributed by atoms with Crippen molar-refractivity contribution in [3.63, 3.8) is 0 Å². The van der Waals surface area contributed by atoms with Gasteiger partial charge in [0, 0.05) is 32.3 Å². The quantitative estimate of drug-likeness (QED) is 0.282. The molecule has 2 heterocycles. The number of benzene rings is 1. The Morgan fingerprint density at radius 1 is 1.31 bits per heavy atom. The number of carbonyl (C=O) groups is 1. The highest BCUT2D eigenvalue weighted by atomic mass is 32.2. The Kier molecular flexibility index (Phi) is 9.53. The third-order valence-electron chi connectivity index (χ3n) is 5.71. The van der Waals surface area contributed by atoms with Crippen LogP contribution >= 0.6 is 11.3 Å². The first-order valence-corrected chi connectivity index (χ1v) is 13.8. The Morgan fingerprint density at radius 3 is 2.60 bits per heavy atom. The van der Waals surface area contributed by atoms with Crippen LogP contribution in [0.1, 0.15) is 41.4 Å². The number of thiazole rings is 1. The Morgan fingerprint density at radius 2 is 1.97 bits per heavy atom. The summed E-state index contributed by atoms with van der Waals surface area (Å²) in [7, 11) is -1.74. The maximum absolute atomic E-state index is 14.0. The van der Waals surface area contributed by atoms with Crippen LogP contribution in [0.25, 0.3) is 0 Å². The lowest BCUT2D eigenvalue weighted by molar-refractivity contribution is 0.103. The van der Waals surface area contributed by atoms with E-state index in [0.29, 0.717) is 50.6 Å². The van der Waals surface area contributed by atoms with E-state index in [1.807, 2.05) is 6.92 Å². The van der Waals surface area contributed by atoms with E-state index in [2.05, 4.69) is 15.6 Å². The molecule has 1 aliphatic rings. The summed E-state index contributed by atoms with van der Waals surface area (Å²) in [5.41, 5.74) is 5.18. The highest BCUT2D eigenvalue weighted by Gasteiger charge is 2.29. The lowest BCUT2D eigenvalue weighted by atomic mass is 10.1. The first kappa shape index (κ1) is 27.4. The van der Waals surface area contributed by atoms with Gasteiger partial charge in [-0.3, -0.25) is 4.79 Å². The van der Waals surface area contributed by atoms with Crippen LogP contribution in [0.2, 0.25) is 0 Å². The van der Waals surface area contributed by atoms with Crippen LogP contribution in [-0.2, 0) is 14.8 Å². The first-order valence-electron chi connectivity index (χ1n) is 11.3. The lowest BCUT2D eigenvalue weighted by Crippen LogP contribution is -2.43. The molecule has 13 heteroatoms. The summed E-state index contributed by atoms with van der Waals surface area (Å²) in [6, 6.07) is 3.28. The van der Waals surface area contributed by atoms with E-state index < -0.39 is 33.0 Å². The molecule has 1 aliphatic heterocycles. The molecule has 1 atom stereocenters. The van der Waals surface area contributed by atoms with Gasteiger partial charge in [-0.05, 0) is 44.9 Å². The van der Waals surface area contributed by atoms with Crippen molar-refractivity contribution in [1.82, 2.24) is 14.6 Å². The van der Waals surface area contributed by atoms with Gasteiger partial charge in [0.2, 0.25) is 15.8 Å². The van der Waals surface area contributed by atoms with Gasteiger partial charge in [0.25, 0.3) is 0 Å². The number of nitrogens with two attached hydrogens (primary N) is 1. The minimum atomic E-state index is -3.36. The fraction of sp³-hybridized carbons (Fsp3) is 0.545. The van der Waals surface area contributed by atoms with Crippen LogP contribution in [-0.4, -0.2) is 74.7 Å². The number of nitrogens with one attached hydrogen (secondary N) is 2.